The molecule has 3 saturated heterocycles. The molecule has 2 atom stereocenters. The smallest absolute Gasteiger partial charge is 0.126 e. The largest absolute Gasteiger partial charge is 0.303 e. The molecule has 0 saturated carbocycles. The number of rotatable bonds is 3. The maximum Gasteiger partial charge on any atom is 0.126 e. The first-order valence-electron chi connectivity index (χ1n) is 7.87. The highest BCUT2D eigenvalue weighted by Gasteiger charge is 2.43. The standard InChI is InChI=1S/C15H27FN2/c1-2-17-10-8-15(16,9-11-17)12-18-13-4-3-5-14(18)7-6-13/h13-14H,2-12H2,1H3/t13-,14+. The molecule has 0 radical (unpaired) electrons. The molecule has 0 aliphatic carbocycles. The van der Waals surface area contributed by atoms with E-state index in [0.29, 0.717) is 12.1 Å². The van der Waals surface area contributed by atoms with E-state index in [0.717, 1.165) is 39.0 Å². The van der Waals surface area contributed by atoms with Gasteiger partial charge in [0.15, 0.2) is 0 Å². The Balaban J connectivity index is 1.59. The van der Waals surface area contributed by atoms with E-state index in [9.17, 15) is 4.39 Å². The lowest BCUT2D eigenvalue weighted by molar-refractivity contribution is 0.000640. The van der Waals surface area contributed by atoms with Crippen LogP contribution in [0.15, 0.2) is 0 Å². The van der Waals surface area contributed by atoms with Gasteiger partial charge in [-0.1, -0.05) is 13.3 Å². The highest BCUT2D eigenvalue weighted by Crippen LogP contribution is 2.38. The molecular formula is C15H27FN2. The molecule has 0 aromatic heterocycles. The maximum absolute atomic E-state index is 15.0. The molecule has 0 unspecified atom stereocenters. The van der Waals surface area contributed by atoms with E-state index in [2.05, 4.69) is 16.7 Å². The molecule has 0 aromatic carbocycles. The van der Waals surface area contributed by atoms with Crippen molar-refractivity contribution in [2.75, 3.05) is 26.2 Å². The van der Waals surface area contributed by atoms with Crippen LogP contribution >= 0.6 is 0 Å². The summed E-state index contributed by atoms with van der Waals surface area (Å²) in [4.78, 5) is 4.91. The van der Waals surface area contributed by atoms with Crippen molar-refractivity contribution in [3.8, 4) is 0 Å². The van der Waals surface area contributed by atoms with Crippen molar-refractivity contribution in [1.82, 2.24) is 9.80 Å². The zero-order valence-corrected chi connectivity index (χ0v) is 11.7. The first-order chi connectivity index (χ1) is 8.70. The highest BCUT2D eigenvalue weighted by atomic mass is 19.1. The van der Waals surface area contributed by atoms with E-state index in [4.69, 9.17) is 0 Å². The van der Waals surface area contributed by atoms with E-state index < -0.39 is 5.67 Å². The van der Waals surface area contributed by atoms with Crippen molar-refractivity contribution in [2.45, 2.75) is 69.6 Å². The van der Waals surface area contributed by atoms with Gasteiger partial charge in [-0.15, -0.1) is 0 Å². The van der Waals surface area contributed by atoms with Crippen LogP contribution in [0.5, 0.6) is 0 Å². The number of hydrogen-bond acceptors (Lipinski definition) is 2. The van der Waals surface area contributed by atoms with Gasteiger partial charge in [0, 0.05) is 31.7 Å². The van der Waals surface area contributed by atoms with Crippen molar-refractivity contribution in [3.63, 3.8) is 0 Å². The molecule has 0 amide bonds. The van der Waals surface area contributed by atoms with E-state index in [1.54, 1.807) is 0 Å². The summed E-state index contributed by atoms with van der Waals surface area (Å²) >= 11 is 0. The number of alkyl halides is 1. The van der Waals surface area contributed by atoms with Crippen LogP contribution in [0.1, 0.15) is 51.9 Å². The first kappa shape index (κ1) is 12.9. The van der Waals surface area contributed by atoms with Gasteiger partial charge in [-0.2, -0.15) is 0 Å². The Morgan fingerprint density at radius 2 is 1.67 bits per heavy atom. The summed E-state index contributed by atoms with van der Waals surface area (Å²) in [6, 6.07) is 1.42. The monoisotopic (exact) mass is 254 g/mol. The van der Waals surface area contributed by atoms with Gasteiger partial charge < -0.3 is 4.90 Å². The SMILES string of the molecule is CCN1CCC(F)(CN2[C@@H]3CCC[C@H]2CC3)CC1. The van der Waals surface area contributed by atoms with Gasteiger partial charge >= 0.3 is 0 Å². The Kier molecular flexibility index (Phi) is 3.63. The first-order valence-corrected chi connectivity index (χ1v) is 7.87. The molecule has 0 N–H and O–H groups in total. The number of likely N-dealkylation sites (tertiary alicyclic amines) is 1. The lowest BCUT2D eigenvalue weighted by atomic mass is 9.90. The molecule has 3 heterocycles. The second-order valence-electron chi connectivity index (χ2n) is 6.57. The summed E-state index contributed by atoms with van der Waals surface area (Å²) in [5.74, 6) is 0. The number of nitrogens with zero attached hydrogens (tertiary/aromatic N) is 2. The number of fused-ring (bicyclic) bond motifs is 2. The summed E-state index contributed by atoms with van der Waals surface area (Å²) < 4.78 is 15.0. The van der Waals surface area contributed by atoms with E-state index in [-0.39, 0.29) is 0 Å². The minimum atomic E-state index is -0.899. The predicted octanol–water partition coefficient (Wildman–Crippen LogP) is 2.83. The maximum atomic E-state index is 15.0. The van der Waals surface area contributed by atoms with E-state index in [1.165, 1.54) is 32.1 Å². The lowest BCUT2D eigenvalue weighted by Crippen LogP contribution is -2.52. The van der Waals surface area contributed by atoms with Gasteiger partial charge in [-0.3, -0.25) is 4.90 Å². The zero-order valence-electron chi connectivity index (χ0n) is 11.7. The molecule has 3 heteroatoms. The van der Waals surface area contributed by atoms with Crippen molar-refractivity contribution in [1.29, 1.82) is 0 Å². The van der Waals surface area contributed by atoms with Gasteiger partial charge in [-0.25, -0.2) is 4.39 Å². The van der Waals surface area contributed by atoms with Crippen molar-refractivity contribution < 1.29 is 4.39 Å². The Morgan fingerprint density at radius 3 is 2.22 bits per heavy atom. The Hall–Kier alpha value is -0.150. The number of hydrogen-bond donors (Lipinski definition) is 0. The minimum Gasteiger partial charge on any atom is -0.303 e. The van der Waals surface area contributed by atoms with Gasteiger partial charge in [0.25, 0.3) is 0 Å². The molecule has 3 fully saturated rings. The molecule has 2 bridgehead atoms. The number of halogens is 1. The van der Waals surface area contributed by atoms with Gasteiger partial charge in [0.05, 0.1) is 0 Å². The summed E-state index contributed by atoms with van der Waals surface area (Å²) in [7, 11) is 0. The second kappa shape index (κ2) is 5.09. The molecule has 0 spiro atoms. The van der Waals surface area contributed by atoms with Crippen LogP contribution in [0.25, 0.3) is 0 Å². The van der Waals surface area contributed by atoms with Gasteiger partial charge in [-0.05, 0) is 45.1 Å². The average Bonchev–Trinajstić information content (AvgIpc) is 2.62. The predicted molar refractivity (Wildman–Crippen MR) is 72.6 cm³/mol. The van der Waals surface area contributed by atoms with Gasteiger partial charge in [0.1, 0.15) is 5.67 Å². The highest BCUT2D eigenvalue weighted by molar-refractivity contribution is 4.97. The number of piperidine rings is 2. The fourth-order valence-electron chi connectivity index (χ4n) is 4.24. The fraction of sp³-hybridized carbons (Fsp3) is 1.00. The summed E-state index contributed by atoms with van der Waals surface area (Å²) in [6.45, 7) is 5.88. The van der Waals surface area contributed by atoms with E-state index >= 15 is 0 Å². The third kappa shape index (κ3) is 2.44. The summed E-state index contributed by atoms with van der Waals surface area (Å²) in [5.41, 5.74) is -0.899. The molecule has 3 aliphatic rings. The zero-order chi connectivity index (χ0) is 12.6. The van der Waals surface area contributed by atoms with Crippen LogP contribution in [0.2, 0.25) is 0 Å². The van der Waals surface area contributed by atoms with Crippen LogP contribution in [0, 0.1) is 0 Å². The van der Waals surface area contributed by atoms with E-state index in [1.807, 2.05) is 0 Å². The van der Waals surface area contributed by atoms with Gasteiger partial charge in [0.2, 0.25) is 0 Å². The van der Waals surface area contributed by atoms with Crippen LogP contribution in [-0.2, 0) is 0 Å². The fourth-order valence-corrected chi connectivity index (χ4v) is 4.24. The average molecular weight is 254 g/mol. The van der Waals surface area contributed by atoms with Crippen molar-refractivity contribution >= 4 is 0 Å². The molecule has 104 valence electrons. The molecule has 2 nitrogen and oxygen atoms in total. The molecule has 18 heavy (non-hydrogen) atoms. The normalized spacial score (nSPS) is 37.0. The third-order valence-electron chi connectivity index (χ3n) is 5.51. The molecular weight excluding hydrogens is 227 g/mol. The topological polar surface area (TPSA) is 6.48 Å². The van der Waals surface area contributed by atoms with Crippen LogP contribution in [0.3, 0.4) is 0 Å². The molecule has 3 aliphatic heterocycles. The molecule has 3 rings (SSSR count). The van der Waals surface area contributed by atoms with Crippen LogP contribution < -0.4 is 0 Å². The Morgan fingerprint density at radius 1 is 1.06 bits per heavy atom. The summed E-state index contributed by atoms with van der Waals surface area (Å²) in [6.07, 6.45) is 8.13. The van der Waals surface area contributed by atoms with Crippen molar-refractivity contribution in [3.05, 3.63) is 0 Å². The Bertz CT molecular complexity index is 270. The lowest BCUT2D eigenvalue weighted by Gasteiger charge is -2.43. The van der Waals surface area contributed by atoms with Crippen LogP contribution in [-0.4, -0.2) is 53.7 Å². The second-order valence-corrected chi connectivity index (χ2v) is 6.57. The summed E-state index contributed by atoms with van der Waals surface area (Å²) in [5, 5.41) is 0. The third-order valence-corrected chi connectivity index (χ3v) is 5.51. The molecule has 0 aromatic rings. The van der Waals surface area contributed by atoms with Crippen molar-refractivity contribution in [2.24, 2.45) is 0 Å². The quantitative estimate of drug-likeness (QED) is 0.764. The minimum absolute atomic E-state index is 0.709. The van der Waals surface area contributed by atoms with Crippen LogP contribution in [0.4, 0.5) is 4.39 Å². The Labute approximate surface area is 111 Å².